The quantitative estimate of drug-likeness (QED) is 0.767. The predicted octanol–water partition coefficient (Wildman–Crippen LogP) is 2.37. The lowest BCUT2D eigenvalue weighted by molar-refractivity contribution is -0.117. The van der Waals surface area contributed by atoms with Gasteiger partial charge in [-0.25, -0.2) is 4.79 Å². The highest BCUT2D eigenvalue weighted by Gasteiger charge is 2.31. The van der Waals surface area contributed by atoms with Gasteiger partial charge in [-0.2, -0.15) is 0 Å². The number of rotatable bonds is 4. The Balaban J connectivity index is 1.57. The molecule has 1 aliphatic heterocycles. The fourth-order valence-corrected chi connectivity index (χ4v) is 2.87. The maximum absolute atomic E-state index is 12.2. The Labute approximate surface area is 155 Å². The predicted molar refractivity (Wildman–Crippen MR) is 99.3 cm³/mol. The van der Waals surface area contributed by atoms with E-state index in [0.717, 1.165) is 5.69 Å². The van der Waals surface area contributed by atoms with Crippen molar-refractivity contribution in [2.45, 2.75) is 12.5 Å². The van der Waals surface area contributed by atoms with Crippen LogP contribution in [0.1, 0.15) is 16.8 Å². The number of hydrogen-bond acceptors (Lipinski definition) is 3. The van der Waals surface area contributed by atoms with E-state index in [9.17, 15) is 14.4 Å². The minimum atomic E-state index is -0.534. The Bertz CT molecular complexity index is 837. The van der Waals surface area contributed by atoms with Gasteiger partial charge in [0, 0.05) is 34.9 Å². The van der Waals surface area contributed by atoms with E-state index in [4.69, 9.17) is 17.3 Å². The molecule has 2 aromatic rings. The largest absolute Gasteiger partial charge is 0.366 e. The van der Waals surface area contributed by atoms with Crippen LogP contribution in [-0.4, -0.2) is 30.4 Å². The molecule has 0 spiro atoms. The van der Waals surface area contributed by atoms with E-state index in [2.05, 4.69) is 10.6 Å². The molecule has 0 unspecified atom stereocenters. The van der Waals surface area contributed by atoms with E-state index in [-0.39, 0.29) is 18.4 Å². The molecule has 0 saturated carbocycles. The summed E-state index contributed by atoms with van der Waals surface area (Å²) in [5, 5.41) is 6.03. The third kappa shape index (κ3) is 4.12. The van der Waals surface area contributed by atoms with Crippen molar-refractivity contribution in [3.63, 3.8) is 0 Å². The molecule has 4 amide bonds. The van der Waals surface area contributed by atoms with Crippen molar-refractivity contribution in [2.75, 3.05) is 16.8 Å². The van der Waals surface area contributed by atoms with Crippen LogP contribution in [-0.2, 0) is 4.79 Å². The van der Waals surface area contributed by atoms with Crippen LogP contribution in [0.3, 0.4) is 0 Å². The highest BCUT2D eigenvalue weighted by Crippen LogP contribution is 2.23. The SMILES string of the molecule is NC(=O)c1ccc(NC(=O)N[C@H]2CC(=O)N(c3ccc(Cl)cc3)C2)cc1. The van der Waals surface area contributed by atoms with Crippen molar-refractivity contribution in [3.05, 3.63) is 59.1 Å². The molecule has 26 heavy (non-hydrogen) atoms. The zero-order valence-electron chi connectivity index (χ0n) is 13.7. The molecular formula is C18H17ClN4O3. The summed E-state index contributed by atoms with van der Waals surface area (Å²) in [4.78, 5) is 37.0. The lowest BCUT2D eigenvalue weighted by Gasteiger charge is -2.17. The summed E-state index contributed by atoms with van der Waals surface area (Å²) >= 11 is 5.86. The number of carbonyl (C=O) groups excluding carboxylic acids is 3. The van der Waals surface area contributed by atoms with Gasteiger partial charge in [0.2, 0.25) is 11.8 Å². The number of nitrogens with one attached hydrogen (secondary N) is 2. The number of urea groups is 1. The van der Waals surface area contributed by atoms with Crippen molar-refractivity contribution in [3.8, 4) is 0 Å². The number of primary amides is 1. The van der Waals surface area contributed by atoms with Crippen LogP contribution in [0, 0.1) is 0 Å². The fraction of sp³-hybridized carbons (Fsp3) is 0.167. The Hall–Kier alpha value is -3.06. The first kappa shape index (κ1) is 17.8. The summed E-state index contributed by atoms with van der Waals surface area (Å²) in [5.74, 6) is -0.601. The van der Waals surface area contributed by atoms with Crippen molar-refractivity contribution in [1.29, 1.82) is 0 Å². The van der Waals surface area contributed by atoms with Gasteiger partial charge in [-0.1, -0.05) is 11.6 Å². The van der Waals surface area contributed by atoms with Gasteiger partial charge >= 0.3 is 6.03 Å². The van der Waals surface area contributed by atoms with Crippen LogP contribution in [0.25, 0.3) is 0 Å². The summed E-state index contributed by atoms with van der Waals surface area (Å²) in [5.41, 5.74) is 6.79. The third-order valence-corrected chi connectivity index (χ3v) is 4.28. The van der Waals surface area contributed by atoms with E-state index < -0.39 is 11.9 Å². The highest BCUT2D eigenvalue weighted by molar-refractivity contribution is 6.30. The first-order valence-electron chi connectivity index (χ1n) is 7.95. The van der Waals surface area contributed by atoms with Gasteiger partial charge in [0.15, 0.2) is 0 Å². The maximum Gasteiger partial charge on any atom is 0.319 e. The Morgan fingerprint density at radius 3 is 2.35 bits per heavy atom. The number of hydrogen-bond donors (Lipinski definition) is 3. The molecule has 1 heterocycles. The molecule has 0 aromatic heterocycles. The van der Waals surface area contributed by atoms with Gasteiger partial charge in [-0.05, 0) is 48.5 Å². The van der Waals surface area contributed by atoms with Gasteiger partial charge in [0.25, 0.3) is 0 Å². The molecule has 8 heteroatoms. The second-order valence-corrected chi connectivity index (χ2v) is 6.36. The van der Waals surface area contributed by atoms with Crippen molar-refractivity contribution in [1.82, 2.24) is 5.32 Å². The van der Waals surface area contributed by atoms with E-state index >= 15 is 0 Å². The van der Waals surface area contributed by atoms with Crippen LogP contribution >= 0.6 is 11.6 Å². The molecule has 2 aromatic carbocycles. The zero-order chi connectivity index (χ0) is 18.7. The Morgan fingerprint density at radius 2 is 1.73 bits per heavy atom. The van der Waals surface area contributed by atoms with E-state index in [1.165, 1.54) is 12.1 Å². The van der Waals surface area contributed by atoms with E-state index in [1.54, 1.807) is 41.3 Å². The van der Waals surface area contributed by atoms with Gasteiger partial charge in [-0.15, -0.1) is 0 Å². The highest BCUT2D eigenvalue weighted by atomic mass is 35.5. The summed E-state index contributed by atoms with van der Waals surface area (Å²) in [6, 6.07) is 12.5. The monoisotopic (exact) mass is 372 g/mol. The summed E-state index contributed by atoms with van der Waals surface area (Å²) in [6.45, 7) is 0.383. The molecule has 0 radical (unpaired) electrons. The lowest BCUT2D eigenvalue weighted by Crippen LogP contribution is -2.39. The third-order valence-electron chi connectivity index (χ3n) is 4.03. The molecule has 1 atom stereocenters. The normalized spacial score (nSPS) is 16.4. The fourth-order valence-electron chi connectivity index (χ4n) is 2.75. The number of amides is 4. The summed E-state index contributed by atoms with van der Waals surface area (Å²) < 4.78 is 0. The number of nitrogens with two attached hydrogens (primary N) is 1. The van der Waals surface area contributed by atoms with Crippen molar-refractivity contribution >= 4 is 40.8 Å². The smallest absolute Gasteiger partial charge is 0.319 e. The van der Waals surface area contributed by atoms with Crippen molar-refractivity contribution in [2.24, 2.45) is 5.73 Å². The van der Waals surface area contributed by atoms with Crippen LogP contribution in [0.4, 0.5) is 16.2 Å². The number of halogens is 1. The standard InChI is InChI=1S/C18H17ClN4O3/c19-12-3-7-15(8-4-12)23-10-14(9-16(23)24)22-18(26)21-13-5-1-11(2-6-13)17(20)25/h1-8,14H,9-10H2,(H2,20,25)(H2,21,22,26)/t14-/m0/s1. The second-order valence-electron chi connectivity index (χ2n) is 5.92. The van der Waals surface area contributed by atoms with Crippen LogP contribution in [0.15, 0.2) is 48.5 Å². The van der Waals surface area contributed by atoms with Gasteiger partial charge in [0.05, 0.1) is 6.04 Å². The molecule has 4 N–H and O–H groups in total. The van der Waals surface area contributed by atoms with Crippen LogP contribution in [0.5, 0.6) is 0 Å². The van der Waals surface area contributed by atoms with Gasteiger partial charge in [-0.3, -0.25) is 9.59 Å². The molecule has 134 valence electrons. The van der Waals surface area contributed by atoms with Crippen molar-refractivity contribution < 1.29 is 14.4 Å². The average molecular weight is 373 g/mol. The minimum Gasteiger partial charge on any atom is -0.366 e. The number of carbonyl (C=O) groups is 3. The average Bonchev–Trinajstić information content (AvgIpc) is 2.96. The lowest BCUT2D eigenvalue weighted by atomic mass is 10.2. The van der Waals surface area contributed by atoms with E-state index in [0.29, 0.717) is 22.8 Å². The topological polar surface area (TPSA) is 105 Å². The van der Waals surface area contributed by atoms with Crippen LogP contribution in [0.2, 0.25) is 5.02 Å². The molecule has 1 fully saturated rings. The van der Waals surface area contributed by atoms with E-state index in [1.807, 2.05) is 0 Å². The van der Waals surface area contributed by atoms with Gasteiger partial charge < -0.3 is 21.3 Å². The minimum absolute atomic E-state index is 0.0663. The molecule has 1 saturated heterocycles. The Kier molecular flexibility index (Phi) is 5.09. The molecule has 0 bridgehead atoms. The first-order valence-corrected chi connectivity index (χ1v) is 8.33. The number of benzene rings is 2. The Morgan fingerprint density at radius 1 is 1.08 bits per heavy atom. The van der Waals surface area contributed by atoms with Gasteiger partial charge in [0.1, 0.15) is 0 Å². The number of nitrogens with zero attached hydrogens (tertiary/aromatic N) is 1. The zero-order valence-corrected chi connectivity index (χ0v) is 14.5. The molecule has 0 aliphatic carbocycles. The molecular weight excluding hydrogens is 356 g/mol. The molecule has 7 nitrogen and oxygen atoms in total. The molecule has 3 rings (SSSR count). The first-order chi connectivity index (χ1) is 12.4. The second kappa shape index (κ2) is 7.45. The summed E-state index contributed by atoms with van der Waals surface area (Å²) in [7, 11) is 0. The molecule has 1 aliphatic rings. The van der Waals surface area contributed by atoms with Crippen LogP contribution < -0.4 is 21.3 Å². The maximum atomic E-state index is 12.2. The number of anilines is 2. The summed E-state index contributed by atoms with van der Waals surface area (Å²) in [6.07, 6.45) is 0.219.